The summed E-state index contributed by atoms with van der Waals surface area (Å²) >= 11 is 8.64. The van der Waals surface area contributed by atoms with Crippen LogP contribution in [0.2, 0.25) is 5.02 Å². The molecular weight excluding hydrogens is 451 g/mol. The predicted molar refractivity (Wildman–Crippen MR) is 108 cm³/mol. The van der Waals surface area contributed by atoms with Gasteiger partial charge < -0.3 is 10.1 Å². The van der Waals surface area contributed by atoms with Crippen LogP contribution in [0.4, 0.5) is 0 Å². The Morgan fingerprint density at radius 2 is 1.84 bits per heavy atom. The molecule has 0 spiro atoms. The Labute approximate surface area is 166 Å². The predicted octanol–water partition coefficient (Wildman–Crippen LogP) is 3.75. The standard InChI is InChI=1S/C19H20ClIN2O2/c20-17-4-2-1-3-16(17)18(23-9-11-25-12-10-23)13-22-19(24)14-5-7-15(21)8-6-14/h1-8,18H,9-13H2,(H,22,24). The number of morpholine rings is 1. The van der Waals surface area contributed by atoms with Crippen LogP contribution in [0.5, 0.6) is 0 Å². The lowest BCUT2D eigenvalue weighted by atomic mass is 10.0. The Morgan fingerprint density at radius 3 is 2.52 bits per heavy atom. The van der Waals surface area contributed by atoms with Crippen molar-refractivity contribution in [2.45, 2.75) is 6.04 Å². The Morgan fingerprint density at radius 1 is 1.16 bits per heavy atom. The van der Waals surface area contributed by atoms with Crippen molar-refractivity contribution in [3.8, 4) is 0 Å². The Balaban J connectivity index is 1.74. The normalized spacial score (nSPS) is 16.4. The van der Waals surface area contributed by atoms with E-state index in [1.165, 1.54) is 0 Å². The molecule has 25 heavy (non-hydrogen) atoms. The molecule has 1 aliphatic rings. The Hall–Kier alpha value is -1.15. The highest BCUT2D eigenvalue weighted by atomic mass is 127. The minimum Gasteiger partial charge on any atom is -0.379 e. The first-order valence-electron chi connectivity index (χ1n) is 8.25. The minimum atomic E-state index is -0.0679. The monoisotopic (exact) mass is 470 g/mol. The van der Waals surface area contributed by atoms with E-state index < -0.39 is 0 Å². The molecule has 1 amide bonds. The van der Waals surface area contributed by atoms with Crippen molar-refractivity contribution >= 4 is 40.1 Å². The number of amides is 1. The van der Waals surface area contributed by atoms with Crippen molar-refractivity contribution in [1.29, 1.82) is 0 Å². The molecule has 1 aliphatic heterocycles. The van der Waals surface area contributed by atoms with E-state index in [2.05, 4.69) is 32.8 Å². The highest BCUT2D eigenvalue weighted by molar-refractivity contribution is 14.1. The number of carbonyl (C=O) groups excluding carboxylic acids is 1. The van der Waals surface area contributed by atoms with Gasteiger partial charge in [-0.3, -0.25) is 9.69 Å². The zero-order valence-electron chi connectivity index (χ0n) is 13.8. The van der Waals surface area contributed by atoms with Crippen molar-refractivity contribution in [2.24, 2.45) is 0 Å². The SMILES string of the molecule is O=C(NCC(c1ccccc1Cl)N1CCOCC1)c1ccc(I)cc1. The maximum Gasteiger partial charge on any atom is 0.251 e. The summed E-state index contributed by atoms with van der Waals surface area (Å²) in [7, 11) is 0. The van der Waals surface area contributed by atoms with Gasteiger partial charge in [0.1, 0.15) is 0 Å². The lowest BCUT2D eigenvalue weighted by Gasteiger charge is -2.35. The molecule has 0 radical (unpaired) electrons. The molecule has 1 saturated heterocycles. The summed E-state index contributed by atoms with van der Waals surface area (Å²) in [6, 6.07) is 15.4. The van der Waals surface area contributed by atoms with Gasteiger partial charge in [0.2, 0.25) is 0 Å². The maximum absolute atomic E-state index is 12.5. The van der Waals surface area contributed by atoms with Crippen molar-refractivity contribution in [2.75, 3.05) is 32.8 Å². The summed E-state index contributed by atoms with van der Waals surface area (Å²) in [6.07, 6.45) is 0. The first-order chi connectivity index (χ1) is 12.1. The average molecular weight is 471 g/mol. The number of hydrogen-bond acceptors (Lipinski definition) is 3. The second-order valence-corrected chi connectivity index (χ2v) is 7.56. The number of halogens is 2. The van der Waals surface area contributed by atoms with Gasteiger partial charge in [0.25, 0.3) is 5.91 Å². The van der Waals surface area contributed by atoms with Crippen molar-refractivity contribution in [1.82, 2.24) is 10.2 Å². The van der Waals surface area contributed by atoms with Gasteiger partial charge in [-0.05, 0) is 58.5 Å². The van der Waals surface area contributed by atoms with E-state index in [0.29, 0.717) is 25.3 Å². The number of nitrogens with zero attached hydrogens (tertiary/aromatic N) is 1. The average Bonchev–Trinajstić information content (AvgIpc) is 2.64. The van der Waals surface area contributed by atoms with Crippen molar-refractivity contribution in [3.63, 3.8) is 0 Å². The molecule has 1 unspecified atom stereocenters. The van der Waals surface area contributed by atoms with Crippen molar-refractivity contribution in [3.05, 3.63) is 68.3 Å². The van der Waals surface area contributed by atoms with Gasteiger partial charge in [0, 0.05) is 33.8 Å². The van der Waals surface area contributed by atoms with Crippen molar-refractivity contribution < 1.29 is 9.53 Å². The van der Waals surface area contributed by atoms with Crippen LogP contribution >= 0.6 is 34.2 Å². The highest BCUT2D eigenvalue weighted by Crippen LogP contribution is 2.27. The number of benzene rings is 2. The maximum atomic E-state index is 12.5. The van der Waals surface area contributed by atoms with Crippen LogP contribution in [0, 0.1) is 3.57 Å². The van der Waals surface area contributed by atoms with E-state index in [1.807, 2.05) is 48.5 Å². The summed E-state index contributed by atoms with van der Waals surface area (Å²) in [5.74, 6) is -0.0679. The quantitative estimate of drug-likeness (QED) is 0.677. The lowest BCUT2D eigenvalue weighted by Crippen LogP contribution is -2.44. The third-order valence-corrected chi connectivity index (χ3v) is 5.38. The molecule has 0 saturated carbocycles. The third-order valence-electron chi connectivity index (χ3n) is 4.31. The molecule has 3 rings (SSSR count). The van der Waals surface area contributed by atoms with Gasteiger partial charge in [-0.15, -0.1) is 0 Å². The second-order valence-electron chi connectivity index (χ2n) is 5.90. The summed E-state index contributed by atoms with van der Waals surface area (Å²) in [5, 5.41) is 3.78. The Kier molecular flexibility index (Phi) is 6.70. The van der Waals surface area contributed by atoms with Crippen LogP contribution in [0.3, 0.4) is 0 Å². The molecule has 1 N–H and O–H groups in total. The topological polar surface area (TPSA) is 41.6 Å². The largest absolute Gasteiger partial charge is 0.379 e. The van der Waals surface area contributed by atoms with Gasteiger partial charge in [-0.2, -0.15) is 0 Å². The smallest absolute Gasteiger partial charge is 0.251 e. The molecule has 132 valence electrons. The lowest BCUT2D eigenvalue weighted by molar-refractivity contribution is 0.0162. The van der Waals surface area contributed by atoms with Gasteiger partial charge in [0.05, 0.1) is 19.3 Å². The molecule has 1 heterocycles. The molecule has 4 nitrogen and oxygen atoms in total. The minimum absolute atomic E-state index is 0.0328. The fraction of sp³-hybridized carbons (Fsp3) is 0.316. The van der Waals surface area contributed by atoms with E-state index in [4.69, 9.17) is 16.3 Å². The fourth-order valence-electron chi connectivity index (χ4n) is 2.96. The molecule has 0 aliphatic carbocycles. The van der Waals surface area contributed by atoms with E-state index in [1.54, 1.807) is 0 Å². The van der Waals surface area contributed by atoms with E-state index in [0.717, 1.165) is 27.2 Å². The summed E-state index contributed by atoms with van der Waals surface area (Å²) < 4.78 is 6.57. The second kappa shape index (κ2) is 8.98. The molecule has 0 bridgehead atoms. The first kappa shape index (κ1) is 18.6. The van der Waals surface area contributed by atoms with Crippen LogP contribution in [0.25, 0.3) is 0 Å². The van der Waals surface area contributed by atoms with Gasteiger partial charge in [-0.1, -0.05) is 29.8 Å². The number of ether oxygens (including phenoxy) is 1. The van der Waals surface area contributed by atoms with Crippen LogP contribution < -0.4 is 5.32 Å². The zero-order valence-corrected chi connectivity index (χ0v) is 16.7. The van der Waals surface area contributed by atoms with Crippen LogP contribution in [-0.2, 0) is 4.74 Å². The molecular formula is C19H20ClIN2O2. The van der Waals surface area contributed by atoms with Gasteiger partial charge >= 0.3 is 0 Å². The van der Waals surface area contributed by atoms with Gasteiger partial charge in [-0.25, -0.2) is 0 Å². The van der Waals surface area contributed by atoms with Crippen LogP contribution in [0.15, 0.2) is 48.5 Å². The highest BCUT2D eigenvalue weighted by Gasteiger charge is 2.25. The molecule has 6 heteroatoms. The fourth-order valence-corrected chi connectivity index (χ4v) is 3.58. The summed E-state index contributed by atoms with van der Waals surface area (Å²) in [6.45, 7) is 3.57. The Bertz CT molecular complexity index is 718. The number of carbonyl (C=O) groups is 1. The summed E-state index contributed by atoms with van der Waals surface area (Å²) in [4.78, 5) is 14.8. The molecule has 1 atom stereocenters. The molecule has 1 fully saturated rings. The molecule has 0 aromatic heterocycles. The van der Waals surface area contributed by atoms with E-state index in [9.17, 15) is 4.79 Å². The number of nitrogens with one attached hydrogen (secondary N) is 1. The van der Waals surface area contributed by atoms with E-state index in [-0.39, 0.29) is 11.9 Å². The van der Waals surface area contributed by atoms with Crippen LogP contribution in [0.1, 0.15) is 22.0 Å². The number of hydrogen-bond donors (Lipinski definition) is 1. The molecule has 2 aromatic carbocycles. The molecule has 2 aromatic rings. The third kappa shape index (κ3) is 4.94. The first-order valence-corrected chi connectivity index (χ1v) is 9.71. The van der Waals surface area contributed by atoms with E-state index >= 15 is 0 Å². The zero-order chi connectivity index (χ0) is 17.6. The van der Waals surface area contributed by atoms with Crippen LogP contribution in [-0.4, -0.2) is 43.7 Å². The number of rotatable bonds is 5. The van der Waals surface area contributed by atoms with Gasteiger partial charge in [0.15, 0.2) is 0 Å². The summed E-state index contributed by atoms with van der Waals surface area (Å²) in [5.41, 5.74) is 1.70.